The molecule has 0 fully saturated rings. The molecule has 1 aromatic rings. The number of aliphatic carboxylic acids is 1. The molecule has 2 N–H and O–H groups in total. The van der Waals surface area contributed by atoms with Crippen LogP contribution in [0, 0.1) is 23.2 Å². The van der Waals surface area contributed by atoms with Crippen LogP contribution in [0.4, 0.5) is 0 Å². The fraction of sp³-hybridized carbons (Fsp3) is 0.438. The van der Waals surface area contributed by atoms with Crippen LogP contribution in [0.1, 0.15) is 42.6 Å². The average molecular weight is 288 g/mol. The van der Waals surface area contributed by atoms with Gasteiger partial charge in [0.15, 0.2) is 0 Å². The molecule has 0 aliphatic heterocycles. The summed E-state index contributed by atoms with van der Waals surface area (Å²) in [4.78, 5) is 22.8. The minimum atomic E-state index is -0.853. The number of hydrogen-bond acceptors (Lipinski definition) is 3. The molecule has 0 bridgehead atoms. The van der Waals surface area contributed by atoms with Crippen LogP contribution in [0.2, 0.25) is 0 Å². The number of nitrogens with one attached hydrogen (secondary N) is 1. The SMILES string of the molecule is CC(C)C[C@H](CNC(=O)c1ccc(C#N)cc1)CC(=O)O. The first kappa shape index (κ1) is 16.7. The standard InChI is InChI=1S/C16H20N2O3/c1-11(2)7-13(8-15(19)20)10-18-16(21)14-5-3-12(9-17)4-6-14/h3-6,11,13H,7-8,10H2,1-2H3,(H,18,21)(H,19,20)/t13-/m0/s1. The van der Waals surface area contributed by atoms with Crippen LogP contribution in [-0.4, -0.2) is 23.5 Å². The van der Waals surface area contributed by atoms with Crippen molar-refractivity contribution < 1.29 is 14.7 Å². The number of carboxylic acids is 1. The van der Waals surface area contributed by atoms with Crippen molar-refractivity contribution in [2.45, 2.75) is 26.7 Å². The summed E-state index contributed by atoms with van der Waals surface area (Å²) in [6.45, 7) is 4.39. The van der Waals surface area contributed by atoms with Gasteiger partial charge in [0.1, 0.15) is 0 Å². The molecule has 21 heavy (non-hydrogen) atoms. The van der Waals surface area contributed by atoms with E-state index in [1.807, 2.05) is 19.9 Å². The van der Waals surface area contributed by atoms with Gasteiger partial charge in [0, 0.05) is 18.5 Å². The van der Waals surface area contributed by atoms with Crippen molar-refractivity contribution in [3.8, 4) is 6.07 Å². The molecule has 0 aliphatic carbocycles. The Morgan fingerprint density at radius 3 is 2.38 bits per heavy atom. The van der Waals surface area contributed by atoms with Crippen LogP contribution in [0.15, 0.2) is 24.3 Å². The Hall–Kier alpha value is -2.35. The van der Waals surface area contributed by atoms with E-state index in [1.54, 1.807) is 24.3 Å². The Balaban J connectivity index is 2.59. The third-order valence-corrected chi connectivity index (χ3v) is 3.10. The van der Waals surface area contributed by atoms with Gasteiger partial charge >= 0.3 is 5.97 Å². The van der Waals surface area contributed by atoms with E-state index in [-0.39, 0.29) is 18.2 Å². The third kappa shape index (κ3) is 6.09. The molecule has 0 aliphatic rings. The Morgan fingerprint density at radius 1 is 1.29 bits per heavy atom. The third-order valence-electron chi connectivity index (χ3n) is 3.10. The molecular formula is C16H20N2O3. The number of carboxylic acid groups (broad SMARTS) is 1. The van der Waals surface area contributed by atoms with Crippen molar-refractivity contribution in [3.63, 3.8) is 0 Å². The fourth-order valence-corrected chi connectivity index (χ4v) is 2.19. The summed E-state index contributed by atoms with van der Waals surface area (Å²) in [5.41, 5.74) is 0.961. The molecule has 0 saturated heterocycles. The van der Waals surface area contributed by atoms with Gasteiger partial charge < -0.3 is 10.4 Å². The highest BCUT2D eigenvalue weighted by Gasteiger charge is 2.16. The minimum Gasteiger partial charge on any atom is -0.481 e. The number of amides is 1. The van der Waals surface area contributed by atoms with Gasteiger partial charge in [-0.05, 0) is 42.5 Å². The van der Waals surface area contributed by atoms with Gasteiger partial charge in [-0.3, -0.25) is 9.59 Å². The summed E-state index contributed by atoms with van der Waals surface area (Å²) in [5, 5.41) is 20.4. The molecule has 0 radical (unpaired) electrons. The fourth-order valence-electron chi connectivity index (χ4n) is 2.19. The summed E-state index contributed by atoms with van der Waals surface area (Å²) in [7, 11) is 0. The molecule has 0 spiro atoms. The van der Waals surface area contributed by atoms with Crippen LogP contribution >= 0.6 is 0 Å². The van der Waals surface area contributed by atoms with Crippen molar-refractivity contribution >= 4 is 11.9 Å². The number of carbonyl (C=O) groups excluding carboxylic acids is 1. The van der Waals surface area contributed by atoms with E-state index >= 15 is 0 Å². The van der Waals surface area contributed by atoms with Crippen LogP contribution in [0.5, 0.6) is 0 Å². The van der Waals surface area contributed by atoms with Gasteiger partial charge in [-0.15, -0.1) is 0 Å². The minimum absolute atomic E-state index is 0.0475. The monoisotopic (exact) mass is 288 g/mol. The zero-order chi connectivity index (χ0) is 15.8. The summed E-state index contributed by atoms with van der Waals surface area (Å²) in [6.07, 6.45) is 0.797. The van der Waals surface area contributed by atoms with Crippen molar-refractivity contribution in [2.75, 3.05) is 6.54 Å². The quantitative estimate of drug-likeness (QED) is 0.806. The molecule has 112 valence electrons. The molecule has 1 amide bonds. The number of nitriles is 1. The van der Waals surface area contributed by atoms with E-state index in [1.165, 1.54) is 0 Å². The van der Waals surface area contributed by atoms with Crippen molar-refractivity contribution in [1.82, 2.24) is 5.32 Å². The zero-order valence-corrected chi connectivity index (χ0v) is 12.3. The van der Waals surface area contributed by atoms with E-state index in [9.17, 15) is 9.59 Å². The number of rotatable bonds is 7. The molecule has 0 aromatic heterocycles. The predicted octanol–water partition coefficient (Wildman–Crippen LogP) is 2.43. The lowest BCUT2D eigenvalue weighted by Crippen LogP contribution is -2.31. The second-order valence-electron chi connectivity index (χ2n) is 5.49. The van der Waals surface area contributed by atoms with Crippen molar-refractivity contribution in [3.05, 3.63) is 35.4 Å². The molecule has 5 nitrogen and oxygen atoms in total. The number of nitrogens with zero attached hydrogens (tertiary/aromatic N) is 1. The number of carbonyl (C=O) groups is 2. The molecule has 1 atom stereocenters. The highest BCUT2D eigenvalue weighted by Crippen LogP contribution is 2.15. The lowest BCUT2D eigenvalue weighted by atomic mass is 9.94. The smallest absolute Gasteiger partial charge is 0.303 e. The van der Waals surface area contributed by atoms with Crippen LogP contribution in [0.25, 0.3) is 0 Å². The van der Waals surface area contributed by atoms with Crippen LogP contribution in [0.3, 0.4) is 0 Å². The van der Waals surface area contributed by atoms with E-state index in [0.717, 1.165) is 6.42 Å². The maximum absolute atomic E-state index is 12.0. The average Bonchev–Trinajstić information content (AvgIpc) is 2.43. The van der Waals surface area contributed by atoms with E-state index in [4.69, 9.17) is 10.4 Å². The molecule has 1 aromatic carbocycles. The van der Waals surface area contributed by atoms with Gasteiger partial charge in [0.25, 0.3) is 5.91 Å². The molecule has 0 heterocycles. The van der Waals surface area contributed by atoms with Crippen LogP contribution < -0.4 is 5.32 Å². The van der Waals surface area contributed by atoms with Crippen molar-refractivity contribution in [2.24, 2.45) is 11.8 Å². The zero-order valence-electron chi connectivity index (χ0n) is 12.3. The topological polar surface area (TPSA) is 90.2 Å². The van der Waals surface area contributed by atoms with Gasteiger partial charge in [-0.25, -0.2) is 0 Å². The van der Waals surface area contributed by atoms with Gasteiger partial charge in [0.05, 0.1) is 11.6 Å². The second kappa shape index (κ2) is 8.05. The first-order chi connectivity index (χ1) is 9.92. The molecule has 0 unspecified atom stereocenters. The predicted molar refractivity (Wildman–Crippen MR) is 78.7 cm³/mol. The lowest BCUT2D eigenvalue weighted by molar-refractivity contribution is -0.138. The Bertz CT molecular complexity index is 529. The molecule has 5 heteroatoms. The largest absolute Gasteiger partial charge is 0.481 e. The number of benzene rings is 1. The van der Waals surface area contributed by atoms with Gasteiger partial charge in [-0.2, -0.15) is 5.26 Å². The Labute approximate surface area is 124 Å². The van der Waals surface area contributed by atoms with Crippen molar-refractivity contribution in [1.29, 1.82) is 5.26 Å². The summed E-state index contributed by atoms with van der Waals surface area (Å²) in [5.74, 6) is -0.807. The molecule has 0 saturated carbocycles. The van der Waals surface area contributed by atoms with Gasteiger partial charge in [0.2, 0.25) is 0 Å². The van der Waals surface area contributed by atoms with Gasteiger partial charge in [-0.1, -0.05) is 13.8 Å². The first-order valence-electron chi connectivity index (χ1n) is 6.92. The highest BCUT2D eigenvalue weighted by molar-refractivity contribution is 5.94. The van der Waals surface area contributed by atoms with E-state index in [0.29, 0.717) is 23.6 Å². The highest BCUT2D eigenvalue weighted by atomic mass is 16.4. The first-order valence-corrected chi connectivity index (χ1v) is 6.92. The van der Waals surface area contributed by atoms with Crippen LogP contribution in [-0.2, 0) is 4.79 Å². The number of hydrogen-bond donors (Lipinski definition) is 2. The summed E-state index contributed by atoms with van der Waals surface area (Å²) in [6, 6.07) is 8.32. The lowest BCUT2D eigenvalue weighted by Gasteiger charge is -2.17. The molecular weight excluding hydrogens is 268 g/mol. The second-order valence-corrected chi connectivity index (χ2v) is 5.49. The van der Waals surface area contributed by atoms with E-state index < -0.39 is 5.97 Å². The normalized spacial score (nSPS) is 11.7. The summed E-state index contributed by atoms with van der Waals surface area (Å²) >= 11 is 0. The Morgan fingerprint density at radius 2 is 1.90 bits per heavy atom. The maximum Gasteiger partial charge on any atom is 0.303 e. The molecule has 1 rings (SSSR count). The Kier molecular flexibility index (Phi) is 6.41. The summed E-state index contributed by atoms with van der Waals surface area (Å²) < 4.78 is 0. The maximum atomic E-state index is 12.0. The van der Waals surface area contributed by atoms with E-state index in [2.05, 4.69) is 5.32 Å².